The van der Waals surface area contributed by atoms with Gasteiger partial charge in [-0.3, -0.25) is 0 Å². The minimum Gasteiger partial charge on any atom is -0.249 e. The lowest BCUT2D eigenvalue weighted by atomic mass is 10.1. The Balaban J connectivity index is 1.67. The molecule has 0 unspecified atom stereocenters. The number of rotatable bonds is 6. The maximum atomic E-state index is 13.6. The first-order valence-electron chi connectivity index (χ1n) is 7.29. The molecule has 0 amide bonds. The Kier molecular flexibility index (Phi) is 4.86. The van der Waals surface area contributed by atoms with Crippen LogP contribution < -0.4 is 4.72 Å². The summed E-state index contributed by atoms with van der Waals surface area (Å²) in [6, 6.07) is 9.44. The summed E-state index contributed by atoms with van der Waals surface area (Å²) in [7, 11) is -4.15. The Hall–Kier alpha value is -2.65. The van der Waals surface area contributed by atoms with Crippen molar-refractivity contribution in [3.05, 3.63) is 77.9 Å². The van der Waals surface area contributed by atoms with E-state index in [9.17, 15) is 17.2 Å². The second-order valence-corrected chi connectivity index (χ2v) is 7.04. The minimum absolute atomic E-state index is 0.0398. The molecule has 6 nitrogen and oxygen atoms in total. The zero-order valence-electron chi connectivity index (χ0n) is 12.9. The number of hydrogen-bond donors (Lipinski definition) is 1. The Morgan fingerprint density at radius 1 is 1.04 bits per heavy atom. The summed E-state index contributed by atoms with van der Waals surface area (Å²) in [5.74, 6) is -1.82. The summed E-state index contributed by atoms with van der Waals surface area (Å²) >= 11 is 0. The highest BCUT2D eigenvalue weighted by Gasteiger charge is 2.19. The number of benzene rings is 2. The van der Waals surface area contributed by atoms with Crippen LogP contribution in [0, 0.1) is 11.6 Å². The van der Waals surface area contributed by atoms with E-state index in [1.165, 1.54) is 6.33 Å². The summed E-state index contributed by atoms with van der Waals surface area (Å²) in [5.41, 5.74) is 1.65. The molecule has 9 heteroatoms. The standard InChI is InChI=1S/C16H14F2N4O2S/c17-14-5-6-15(18)16(7-14)25(23,24)21-8-12-1-3-13(4-2-12)9-22-11-19-10-20-22/h1-7,10-11,21H,8-9H2. The van der Waals surface area contributed by atoms with Gasteiger partial charge in [0.25, 0.3) is 0 Å². The van der Waals surface area contributed by atoms with Crippen molar-refractivity contribution in [1.29, 1.82) is 0 Å². The third-order valence-corrected chi connectivity index (χ3v) is 4.90. The normalized spacial score (nSPS) is 11.6. The Morgan fingerprint density at radius 3 is 2.44 bits per heavy atom. The van der Waals surface area contributed by atoms with E-state index in [0.29, 0.717) is 18.2 Å². The van der Waals surface area contributed by atoms with Crippen LogP contribution in [0.2, 0.25) is 0 Å². The fourth-order valence-electron chi connectivity index (χ4n) is 2.20. The van der Waals surface area contributed by atoms with Crippen molar-refractivity contribution in [3.63, 3.8) is 0 Å². The molecule has 0 saturated heterocycles. The summed E-state index contributed by atoms with van der Waals surface area (Å²) in [6.45, 7) is 0.502. The molecule has 0 bridgehead atoms. The van der Waals surface area contributed by atoms with Crippen LogP contribution in [0.15, 0.2) is 60.0 Å². The highest BCUT2D eigenvalue weighted by atomic mass is 32.2. The first-order valence-corrected chi connectivity index (χ1v) is 8.77. The monoisotopic (exact) mass is 364 g/mol. The van der Waals surface area contributed by atoms with E-state index in [2.05, 4.69) is 14.8 Å². The van der Waals surface area contributed by atoms with Crippen molar-refractivity contribution in [2.75, 3.05) is 0 Å². The SMILES string of the molecule is O=S(=O)(NCc1ccc(Cn2cncn2)cc1)c1cc(F)ccc1F. The van der Waals surface area contributed by atoms with Gasteiger partial charge in [0.15, 0.2) is 0 Å². The predicted octanol–water partition coefficient (Wildman–Crippen LogP) is 2.08. The molecule has 0 aliphatic heterocycles. The molecule has 0 radical (unpaired) electrons. The Morgan fingerprint density at radius 2 is 1.76 bits per heavy atom. The largest absolute Gasteiger partial charge is 0.249 e. The molecular weight excluding hydrogens is 350 g/mol. The van der Waals surface area contributed by atoms with Gasteiger partial charge in [-0.2, -0.15) is 5.10 Å². The molecular formula is C16H14F2N4O2S. The van der Waals surface area contributed by atoms with Gasteiger partial charge < -0.3 is 0 Å². The number of nitrogens with zero attached hydrogens (tertiary/aromatic N) is 3. The van der Waals surface area contributed by atoms with Crippen LogP contribution in [0.3, 0.4) is 0 Å². The van der Waals surface area contributed by atoms with E-state index < -0.39 is 26.6 Å². The maximum absolute atomic E-state index is 13.6. The number of aromatic nitrogens is 3. The molecule has 0 aliphatic rings. The van der Waals surface area contributed by atoms with E-state index in [1.807, 2.05) is 12.1 Å². The number of sulfonamides is 1. The average molecular weight is 364 g/mol. The van der Waals surface area contributed by atoms with Gasteiger partial charge >= 0.3 is 0 Å². The van der Waals surface area contributed by atoms with Crippen LogP contribution in [0.1, 0.15) is 11.1 Å². The van der Waals surface area contributed by atoms with E-state index in [0.717, 1.165) is 17.7 Å². The fourth-order valence-corrected chi connectivity index (χ4v) is 3.31. The molecule has 1 aromatic heterocycles. The molecule has 130 valence electrons. The molecule has 0 fully saturated rings. The Labute approximate surface area is 143 Å². The molecule has 1 heterocycles. The molecule has 0 saturated carbocycles. The zero-order chi connectivity index (χ0) is 17.9. The summed E-state index contributed by atoms with van der Waals surface area (Å²) in [6.07, 6.45) is 3.03. The van der Waals surface area contributed by atoms with Crippen molar-refractivity contribution < 1.29 is 17.2 Å². The van der Waals surface area contributed by atoms with E-state index >= 15 is 0 Å². The van der Waals surface area contributed by atoms with Crippen molar-refractivity contribution in [2.45, 2.75) is 18.0 Å². The van der Waals surface area contributed by atoms with Crippen LogP contribution in [0.5, 0.6) is 0 Å². The Bertz CT molecular complexity index is 958. The lowest BCUT2D eigenvalue weighted by molar-refractivity contribution is 0.545. The van der Waals surface area contributed by atoms with Crippen LogP contribution in [0.25, 0.3) is 0 Å². The molecule has 0 spiro atoms. The molecule has 25 heavy (non-hydrogen) atoms. The molecule has 3 rings (SSSR count). The molecule has 0 atom stereocenters. The van der Waals surface area contributed by atoms with Gasteiger partial charge in [-0.05, 0) is 29.3 Å². The second kappa shape index (κ2) is 7.08. The topological polar surface area (TPSA) is 76.9 Å². The van der Waals surface area contributed by atoms with Gasteiger partial charge in [0, 0.05) is 6.54 Å². The summed E-state index contributed by atoms with van der Waals surface area (Å²) in [4.78, 5) is 3.14. The summed E-state index contributed by atoms with van der Waals surface area (Å²) < 4.78 is 55.0. The molecule has 2 aromatic carbocycles. The van der Waals surface area contributed by atoms with E-state index in [-0.39, 0.29) is 6.54 Å². The fraction of sp³-hybridized carbons (Fsp3) is 0.125. The molecule has 3 aromatic rings. The highest BCUT2D eigenvalue weighted by molar-refractivity contribution is 7.89. The number of halogens is 2. The van der Waals surface area contributed by atoms with Crippen molar-refractivity contribution >= 4 is 10.0 Å². The van der Waals surface area contributed by atoms with Gasteiger partial charge in [0.2, 0.25) is 10.0 Å². The van der Waals surface area contributed by atoms with Crippen molar-refractivity contribution in [1.82, 2.24) is 19.5 Å². The number of nitrogens with one attached hydrogen (secondary N) is 1. The predicted molar refractivity (Wildman–Crippen MR) is 85.9 cm³/mol. The zero-order valence-corrected chi connectivity index (χ0v) is 13.7. The highest BCUT2D eigenvalue weighted by Crippen LogP contribution is 2.16. The van der Waals surface area contributed by atoms with Gasteiger partial charge in [-0.25, -0.2) is 31.6 Å². The minimum atomic E-state index is -4.15. The van der Waals surface area contributed by atoms with Crippen LogP contribution in [-0.2, 0) is 23.1 Å². The molecule has 0 aliphatic carbocycles. The third kappa shape index (κ3) is 4.25. The van der Waals surface area contributed by atoms with Crippen LogP contribution in [0.4, 0.5) is 8.78 Å². The first-order chi connectivity index (χ1) is 11.9. The van der Waals surface area contributed by atoms with Crippen LogP contribution in [-0.4, -0.2) is 23.2 Å². The number of hydrogen-bond acceptors (Lipinski definition) is 4. The third-order valence-electron chi connectivity index (χ3n) is 3.48. The van der Waals surface area contributed by atoms with Crippen molar-refractivity contribution in [3.8, 4) is 0 Å². The second-order valence-electron chi connectivity index (χ2n) is 5.31. The van der Waals surface area contributed by atoms with Gasteiger partial charge in [-0.1, -0.05) is 24.3 Å². The lowest BCUT2D eigenvalue weighted by Gasteiger charge is -2.09. The van der Waals surface area contributed by atoms with Crippen LogP contribution >= 0.6 is 0 Å². The summed E-state index contributed by atoms with van der Waals surface area (Å²) in [5, 5.41) is 4.00. The van der Waals surface area contributed by atoms with Crippen molar-refractivity contribution in [2.24, 2.45) is 0 Å². The lowest BCUT2D eigenvalue weighted by Crippen LogP contribution is -2.24. The quantitative estimate of drug-likeness (QED) is 0.727. The molecule has 1 N–H and O–H groups in total. The van der Waals surface area contributed by atoms with Gasteiger partial charge in [0.05, 0.1) is 6.54 Å². The van der Waals surface area contributed by atoms with Gasteiger partial charge in [0.1, 0.15) is 29.2 Å². The van der Waals surface area contributed by atoms with Gasteiger partial charge in [-0.15, -0.1) is 0 Å². The van der Waals surface area contributed by atoms with E-state index in [1.54, 1.807) is 23.1 Å². The first kappa shape index (κ1) is 17.2. The maximum Gasteiger partial charge on any atom is 0.243 e. The smallest absolute Gasteiger partial charge is 0.243 e. The van der Waals surface area contributed by atoms with E-state index in [4.69, 9.17) is 0 Å². The average Bonchev–Trinajstić information content (AvgIpc) is 3.09.